The van der Waals surface area contributed by atoms with Crippen LogP contribution >= 0.6 is 23.2 Å². The van der Waals surface area contributed by atoms with Crippen molar-refractivity contribution in [1.29, 1.82) is 0 Å². The van der Waals surface area contributed by atoms with Gasteiger partial charge in [0, 0.05) is 5.02 Å². The highest BCUT2D eigenvalue weighted by atomic mass is 35.5. The molecule has 216 valence electrons. The lowest BCUT2D eigenvalue weighted by Crippen LogP contribution is -2.33. The Kier molecular flexibility index (Phi) is 10.8. The van der Waals surface area contributed by atoms with Crippen LogP contribution in [0.2, 0.25) is 10.0 Å². The zero-order valence-electron chi connectivity index (χ0n) is 22.9. The summed E-state index contributed by atoms with van der Waals surface area (Å²) < 4.78 is 22.6. The van der Waals surface area contributed by atoms with Gasteiger partial charge < -0.3 is 18.9 Å². The van der Waals surface area contributed by atoms with Gasteiger partial charge in [-0.25, -0.2) is 10.2 Å². The molecule has 42 heavy (non-hydrogen) atoms. The van der Waals surface area contributed by atoms with Crippen molar-refractivity contribution >= 4 is 41.3 Å². The molecule has 1 N–H and O–H groups in total. The molecule has 4 aromatic carbocycles. The first-order chi connectivity index (χ1) is 20.3. The van der Waals surface area contributed by atoms with E-state index < -0.39 is 18.0 Å². The number of amides is 1. The molecule has 1 amide bonds. The lowest BCUT2D eigenvalue weighted by Gasteiger charge is -2.14. The molecule has 0 aliphatic carbocycles. The molecule has 0 heterocycles. The van der Waals surface area contributed by atoms with Crippen molar-refractivity contribution in [2.24, 2.45) is 5.10 Å². The first-order valence-corrected chi connectivity index (χ1v) is 13.8. The number of nitrogens with one attached hydrogen (secondary N) is 1. The quantitative estimate of drug-likeness (QED) is 0.0799. The number of hydrogen-bond donors (Lipinski definition) is 1. The molecule has 10 heteroatoms. The van der Waals surface area contributed by atoms with E-state index in [1.807, 2.05) is 30.3 Å². The van der Waals surface area contributed by atoms with Crippen LogP contribution in [-0.4, -0.2) is 30.8 Å². The highest BCUT2D eigenvalue weighted by Gasteiger charge is 2.17. The summed E-state index contributed by atoms with van der Waals surface area (Å²) in [6, 6.07) is 26.2. The molecular weight excluding hydrogens is 579 g/mol. The average Bonchev–Trinajstić information content (AvgIpc) is 2.98. The summed E-state index contributed by atoms with van der Waals surface area (Å²) in [5.74, 6) is 0.626. The lowest BCUT2D eigenvalue weighted by molar-refractivity contribution is -0.127. The molecule has 0 aliphatic rings. The van der Waals surface area contributed by atoms with E-state index in [2.05, 4.69) is 10.5 Å². The van der Waals surface area contributed by atoms with E-state index in [9.17, 15) is 9.59 Å². The summed E-state index contributed by atoms with van der Waals surface area (Å²) in [7, 11) is 0. The number of hydrazone groups is 1. The van der Waals surface area contributed by atoms with Crippen molar-refractivity contribution < 1.29 is 28.5 Å². The third-order valence-electron chi connectivity index (χ3n) is 5.76. The monoisotopic (exact) mass is 606 g/mol. The Bertz CT molecular complexity index is 1540. The first-order valence-electron chi connectivity index (χ1n) is 13.0. The van der Waals surface area contributed by atoms with Gasteiger partial charge in [-0.3, -0.25) is 4.79 Å². The summed E-state index contributed by atoms with van der Waals surface area (Å²) in [4.78, 5) is 25.1. The van der Waals surface area contributed by atoms with Crippen LogP contribution in [-0.2, 0) is 11.4 Å². The number of nitrogens with zero attached hydrogens (tertiary/aromatic N) is 1. The zero-order valence-corrected chi connectivity index (χ0v) is 24.4. The van der Waals surface area contributed by atoms with Gasteiger partial charge in [-0.15, -0.1) is 0 Å². The Balaban J connectivity index is 1.30. The molecule has 0 aromatic heterocycles. The van der Waals surface area contributed by atoms with Crippen LogP contribution < -0.4 is 24.4 Å². The summed E-state index contributed by atoms with van der Waals surface area (Å²) in [5.41, 5.74) is 4.29. The molecular formula is C32H28Cl2N2O6. The second-order valence-electron chi connectivity index (χ2n) is 8.89. The number of hydrogen-bond acceptors (Lipinski definition) is 7. The van der Waals surface area contributed by atoms with Crippen LogP contribution in [0.5, 0.6) is 23.0 Å². The Labute approximate surface area is 253 Å². The number of carbonyl (C=O) groups excluding carboxylic acids is 2. The van der Waals surface area contributed by atoms with Crippen molar-refractivity contribution in [1.82, 2.24) is 5.43 Å². The Morgan fingerprint density at radius 3 is 2.33 bits per heavy atom. The van der Waals surface area contributed by atoms with Crippen LogP contribution in [0.15, 0.2) is 96.1 Å². The third kappa shape index (κ3) is 8.73. The lowest BCUT2D eigenvalue weighted by atomic mass is 10.2. The van der Waals surface area contributed by atoms with Crippen LogP contribution in [0.1, 0.15) is 35.3 Å². The number of carbonyl (C=O) groups is 2. The Hall–Kier alpha value is -4.53. The Morgan fingerprint density at radius 2 is 1.62 bits per heavy atom. The maximum Gasteiger partial charge on any atom is 0.345 e. The molecule has 0 unspecified atom stereocenters. The molecule has 0 bridgehead atoms. The topological polar surface area (TPSA) is 95.5 Å². The minimum Gasteiger partial charge on any atom is -0.490 e. The molecule has 8 nitrogen and oxygen atoms in total. The average molecular weight is 607 g/mol. The van der Waals surface area contributed by atoms with Gasteiger partial charge in [0.2, 0.25) is 0 Å². The SMILES string of the molecule is CCOc1cc(/C=N\NC(=O)[C@@H](C)Oc2ccc(OCc3ccccc3)cc2)ccc1OC(=O)c1ccc(Cl)cc1Cl. The van der Waals surface area contributed by atoms with Gasteiger partial charge in [-0.1, -0.05) is 53.5 Å². The van der Waals surface area contributed by atoms with E-state index in [4.69, 9.17) is 42.1 Å². The molecule has 0 aliphatic heterocycles. The predicted octanol–water partition coefficient (Wildman–Crippen LogP) is 7.11. The molecule has 0 saturated carbocycles. The summed E-state index contributed by atoms with van der Waals surface area (Å²) in [6.07, 6.45) is 0.631. The molecule has 4 rings (SSSR count). The summed E-state index contributed by atoms with van der Waals surface area (Å²) in [5, 5.41) is 4.59. The van der Waals surface area contributed by atoms with Crippen LogP contribution in [0.4, 0.5) is 0 Å². The second-order valence-corrected chi connectivity index (χ2v) is 9.74. The Morgan fingerprint density at radius 1 is 0.881 bits per heavy atom. The number of esters is 1. The number of benzene rings is 4. The van der Waals surface area contributed by atoms with E-state index in [0.717, 1.165) is 5.56 Å². The van der Waals surface area contributed by atoms with E-state index >= 15 is 0 Å². The fourth-order valence-corrected chi connectivity index (χ4v) is 4.13. The molecule has 0 radical (unpaired) electrons. The predicted molar refractivity (Wildman–Crippen MR) is 162 cm³/mol. The van der Waals surface area contributed by atoms with Gasteiger partial charge in [-0.2, -0.15) is 5.10 Å². The van der Waals surface area contributed by atoms with E-state index in [1.165, 1.54) is 18.3 Å². The smallest absolute Gasteiger partial charge is 0.345 e. The second kappa shape index (κ2) is 14.9. The first kappa shape index (κ1) is 30.4. The van der Waals surface area contributed by atoms with E-state index in [1.54, 1.807) is 62.4 Å². The van der Waals surface area contributed by atoms with Crippen molar-refractivity contribution in [2.45, 2.75) is 26.6 Å². The van der Waals surface area contributed by atoms with E-state index in [0.29, 0.717) is 41.0 Å². The fraction of sp³-hybridized carbons (Fsp3) is 0.156. The van der Waals surface area contributed by atoms with Gasteiger partial charge in [-0.05, 0) is 85.6 Å². The molecule has 0 fully saturated rings. The zero-order chi connectivity index (χ0) is 29.9. The maximum absolute atomic E-state index is 12.6. The van der Waals surface area contributed by atoms with Crippen molar-refractivity contribution in [2.75, 3.05) is 6.61 Å². The minimum absolute atomic E-state index is 0.167. The summed E-state index contributed by atoms with van der Waals surface area (Å²) in [6.45, 7) is 4.21. The normalized spacial score (nSPS) is 11.5. The van der Waals surface area contributed by atoms with Gasteiger partial charge >= 0.3 is 5.97 Å². The van der Waals surface area contributed by atoms with Gasteiger partial charge in [0.05, 0.1) is 23.4 Å². The summed E-state index contributed by atoms with van der Waals surface area (Å²) >= 11 is 12.0. The number of rotatable bonds is 12. The largest absolute Gasteiger partial charge is 0.490 e. The molecule has 4 aromatic rings. The van der Waals surface area contributed by atoms with Crippen molar-refractivity contribution in [3.8, 4) is 23.0 Å². The molecule has 0 spiro atoms. The molecule has 1 atom stereocenters. The fourth-order valence-electron chi connectivity index (χ4n) is 3.64. The van der Waals surface area contributed by atoms with Crippen molar-refractivity contribution in [3.05, 3.63) is 118 Å². The van der Waals surface area contributed by atoms with Crippen LogP contribution in [0.3, 0.4) is 0 Å². The van der Waals surface area contributed by atoms with Crippen LogP contribution in [0.25, 0.3) is 0 Å². The standard InChI is InChI=1S/C32H28Cl2N2O6/c1-3-39-30-17-23(9-16-29(30)42-32(38)27-15-10-24(33)18-28(27)34)19-35-36-31(37)21(2)41-26-13-11-25(12-14-26)40-20-22-7-5-4-6-8-22/h4-19,21H,3,20H2,1-2H3,(H,36,37)/b35-19-/t21-/m1/s1. The van der Waals surface area contributed by atoms with Crippen LogP contribution in [0, 0.1) is 0 Å². The van der Waals surface area contributed by atoms with E-state index in [-0.39, 0.29) is 16.3 Å². The highest BCUT2D eigenvalue weighted by molar-refractivity contribution is 6.36. The maximum atomic E-state index is 12.6. The third-order valence-corrected chi connectivity index (χ3v) is 6.31. The number of ether oxygens (including phenoxy) is 4. The van der Waals surface area contributed by atoms with Gasteiger partial charge in [0.1, 0.15) is 18.1 Å². The van der Waals surface area contributed by atoms with Crippen molar-refractivity contribution in [3.63, 3.8) is 0 Å². The highest BCUT2D eigenvalue weighted by Crippen LogP contribution is 2.30. The minimum atomic E-state index is -0.807. The van der Waals surface area contributed by atoms with Gasteiger partial charge in [0.15, 0.2) is 17.6 Å². The van der Waals surface area contributed by atoms with Gasteiger partial charge in [0.25, 0.3) is 5.91 Å². The number of halogens is 2. The molecule has 0 saturated heterocycles.